The molecule has 0 unspecified atom stereocenters. The molecule has 30 heavy (non-hydrogen) atoms. The maximum atomic E-state index is 12.7. The molecule has 7 heteroatoms. The maximum Gasteiger partial charge on any atom is 0.265 e. The summed E-state index contributed by atoms with van der Waals surface area (Å²) in [5.41, 5.74) is 1.95. The Morgan fingerprint density at radius 2 is 2.17 bits per heavy atom. The summed E-state index contributed by atoms with van der Waals surface area (Å²) in [6.45, 7) is 8.50. The SMILES string of the molecule is CCC(C)(C)[C@H]1CCc2c(sc(NC(=O)[C@H](C)Oc3ccc(Cl)cc3Cl)c2C#N)C1. The monoisotopic (exact) mass is 464 g/mol. The van der Waals surface area contributed by atoms with Gasteiger partial charge >= 0.3 is 0 Å². The Morgan fingerprint density at radius 3 is 2.80 bits per heavy atom. The van der Waals surface area contributed by atoms with Crippen molar-refractivity contribution in [1.29, 1.82) is 5.26 Å². The third-order valence-electron chi connectivity index (χ3n) is 6.20. The van der Waals surface area contributed by atoms with Gasteiger partial charge in [0.15, 0.2) is 6.10 Å². The van der Waals surface area contributed by atoms with Crippen molar-refractivity contribution in [2.75, 3.05) is 5.32 Å². The number of carbonyl (C=O) groups excluding carboxylic acids is 1. The number of fused-ring (bicyclic) bond motifs is 1. The lowest BCUT2D eigenvalue weighted by Crippen LogP contribution is -2.30. The molecule has 1 aromatic carbocycles. The van der Waals surface area contributed by atoms with Crippen molar-refractivity contribution in [1.82, 2.24) is 0 Å². The molecule has 0 fully saturated rings. The van der Waals surface area contributed by atoms with E-state index in [1.54, 1.807) is 25.1 Å². The van der Waals surface area contributed by atoms with Gasteiger partial charge in [-0.2, -0.15) is 5.26 Å². The van der Waals surface area contributed by atoms with Crippen LogP contribution in [0.1, 0.15) is 56.5 Å². The second-order valence-corrected chi connectivity index (χ2v) is 10.4. The zero-order valence-corrected chi connectivity index (χ0v) is 20.0. The number of anilines is 1. The van der Waals surface area contributed by atoms with Crippen LogP contribution in [0.4, 0.5) is 5.00 Å². The predicted molar refractivity (Wildman–Crippen MR) is 124 cm³/mol. The topological polar surface area (TPSA) is 62.1 Å². The van der Waals surface area contributed by atoms with Gasteiger partial charge in [0, 0.05) is 9.90 Å². The molecule has 0 aliphatic heterocycles. The Morgan fingerprint density at radius 1 is 1.43 bits per heavy atom. The van der Waals surface area contributed by atoms with E-state index >= 15 is 0 Å². The molecule has 1 amide bonds. The number of hydrogen-bond acceptors (Lipinski definition) is 4. The lowest BCUT2D eigenvalue weighted by Gasteiger charge is -2.36. The van der Waals surface area contributed by atoms with E-state index in [-0.39, 0.29) is 11.3 Å². The molecular weight excluding hydrogens is 439 g/mol. The first kappa shape index (κ1) is 22.9. The third kappa shape index (κ3) is 4.77. The van der Waals surface area contributed by atoms with Crippen molar-refractivity contribution in [2.24, 2.45) is 11.3 Å². The van der Waals surface area contributed by atoms with Gasteiger partial charge in [-0.1, -0.05) is 50.4 Å². The van der Waals surface area contributed by atoms with E-state index in [2.05, 4.69) is 32.2 Å². The molecule has 0 radical (unpaired) electrons. The second kappa shape index (κ2) is 9.18. The van der Waals surface area contributed by atoms with Crippen LogP contribution in [0.2, 0.25) is 10.0 Å². The standard InChI is InChI=1S/C23H26Cl2N2O2S/c1-5-23(3,4)14-6-8-16-17(12-26)22(30-20(16)10-14)27-21(28)13(2)29-19-9-7-15(24)11-18(19)25/h7,9,11,13-14H,5-6,8,10H2,1-4H3,(H,27,28)/t13-,14-/m0/s1. The molecule has 4 nitrogen and oxygen atoms in total. The van der Waals surface area contributed by atoms with Gasteiger partial charge in [0.2, 0.25) is 0 Å². The minimum atomic E-state index is -0.777. The molecule has 0 bridgehead atoms. The highest BCUT2D eigenvalue weighted by molar-refractivity contribution is 7.16. The minimum Gasteiger partial charge on any atom is -0.479 e. The number of halogens is 2. The van der Waals surface area contributed by atoms with E-state index in [1.807, 2.05) is 0 Å². The fraction of sp³-hybridized carbons (Fsp3) is 0.478. The molecule has 0 saturated carbocycles. The molecule has 0 spiro atoms. The Kier molecular flexibility index (Phi) is 7.02. The minimum absolute atomic E-state index is 0.262. The van der Waals surface area contributed by atoms with Crippen molar-refractivity contribution >= 4 is 45.4 Å². The van der Waals surface area contributed by atoms with E-state index < -0.39 is 6.10 Å². The van der Waals surface area contributed by atoms with Crippen molar-refractivity contribution in [3.05, 3.63) is 44.2 Å². The fourth-order valence-electron chi connectivity index (χ4n) is 3.78. The summed E-state index contributed by atoms with van der Waals surface area (Å²) < 4.78 is 5.71. The summed E-state index contributed by atoms with van der Waals surface area (Å²) in [5.74, 6) is 0.652. The Balaban J connectivity index is 1.75. The van der Waals surface area contributed by atoms with Gasteiger partial charge in [0.1, 0.15) is 16.8 Å². The summed E-state index contributed by atoms with van der Waals surface area (Å²) in [6.07, 6.45) is 3.25. The Labute approximate surface area is 192 Å². The molecule has 1 aliphatic rings. The molecule has 1 aliphatic carbocycles. The molecular formula is C23H26Cl2N2O2S. The molecule has 2 aromatic rings. The van der Waals surface area contributed by atoms with Gasteiger partial charge in [0.25, 0.3) is 5.91 Å². The second-order valence-electron chi connectivity index (χ2n) is 8.43. The van der Waals surface area contributed by atoms with Crippen LogP contribution in [-0.2, 0) is 17.6 Å². The lowest BCUT2D eigenvalue weighted by molar-refractivity contribution is -0.122. The predicted octanol–water partition coefficient (Wildman–Crippen LogP) is 6.87. The van der Waals surface area contributed by atoms with E-state index in [0.29, 0.717) is 32.3 Å². The fourth-order valence-corrected chi connectivity index (χ4v) is 5.51. The summed E-state index contributed by atoms with van der Waals surface area (Å²) in [5, 5.41) is 14.1. The smallest absolute Gasteiger partial charge is 0.265 e. The van der Waals surface area contributed by atoms with Crippen molar-refractivity contribution < 1.29 is 9.53 Å². The van der Waals surface area contributed by atoms with Crippen LogP contribution in [0.15, 0.2) is 18.2 Å². The van der Waals surface area contributed by atoms with E-state index in [4.69, 9.17) is 27.9 Å². The van der Waals surface area contributed by atoms with Crippen molar-refractivity contribution in [3.8, 4) is 11.8 Å². The highest BCUT2D eigenvalue weighted by Crippen LogP contribution is 2.45. The average Bonchev–Trinajstić information content (AvgIpc) is 3.05. The van der Waals surface area contributed by atoms with Crippen molar-refractivity contribution in [3.63, 3.8) is 0 Å². The molecule has 0 saturated heterocycles. The van der Waals surface area contributed by atoms with E-state index in [1.165, 1.54) is 16.2 Å². The summed E-state index contributed by atoms with van der Waals surface area (Å²) >= 11 is 13.6. The van der Waals surface area contributed by atoms with Gasteiger partial charge in [-0.15, -0.1) is 11.3 Å². The molecule has 1 N–H and O–H groups in total. The number of amides is 1. The number of thiophene rings is 1. The zero-order chi connectivity index (χ0) is 22.1. The summed E-state index contributed by atoms with van der Waals surface area (Å²) in [7, 11) is 0. The molecule has 1 heterocycles. The van der Waals surface area contributed by atoms with Crippen LogP contribution in [0.5, 0.6) is 5.75 Å². The van der Waals surface area contributed by atoms with Crippen LogP contribution in [-0.4, -0.2) is 12.0 Å². The quantitative estimate of drug-likeness (QED) is 0.506. The first-order chi connectivity index (χ1) is 14.2. The van der Waals surface area contributed by atoms with E-state index in [0.717, 1.165) is 31.2 Å². The largest absolute Gasteiger partial charge is 0.479 e. The first-order valence-corrected chi connectivity index (χ1v) is 11.7. The van der Waals surface area contributed by atoms with Crippen LogP contribution in [0, 0.1) is 22.7 Å². The van der Waals surface area contributed by atoms with Gasteiger partial charge in [-0.05, 0) is 61.3 Å². The van der Waals surface area contributed by atoms with Gasteiger partial charge in [-0.3, -0.25) is 4.79 Å². The number of nitrogens with zero attached hydrogens (tertiary/aromatic N) is 1. The number of benzene rings is 1. The Bertz CT molecular complexity index is 994. The molecule has 3 rings (SSSR count). The van der Waals surface area contributed by atoms with Crippen LogP contribution >= 0.6 is 34.5 Å². The number of ether oxygens (including phenoxy) is 1. The number of rotatable bonds is 6. The lowest BCUT2D eigenvalue weighted by atomic mass is 9.69. The van der Waals surface area contributed by atoms with Gasteiger partial charge < -0.3 is 10.1 Å². The zero-order valence-electron chi connectivity index (χ0n) is 17.6. The van der Waals surface area contributed by atoms with Crippen LogP contribution in [0.3, 0.4) is 0 Å². The average molecular weight is 465 g/mol. The van der Waals surface area contributed by atoms with Crippen molar-refractivity contribution in [2.45, 2.75) is 59.5 Å². The number of carbonyl (C=O) groups is 1. The number of hydrogen-bond donors (Lipinski definition) is 1. The van der Waals surface area contributed by atoms with Gasteiger partial charge in [0.05, 0.1) is 10.6 Å². The molecule has 160 valence electrons. The van der Waals surface area contributed by atoms with E-state index in [9.17, 15) is 10.1 Å². The molecule has 1 aromatic heterocycles. The number of nitrogens with one attached hydrogen (secondary N) is 1. The first-order valence-electron chi connectivity index (χ1n) is 10.1. The highest BCUT2D eigenvalue weighted by atomic mass is 35.5. The Hall–Kier alpha value is -1.74. The maximum absolute atomic E-state index is 12.7. The normalized spacial score (nSPS) is 17.0. The van der Waals surface area contributed by atoms with Crippen LogP contribution < -0.4 is 10.1 Å². The van der Waals surface area contributed by atoms with Crippen LogP contribution in [0.25, 0.3) is 0 Å². The number of nitriles is 1. The summed E-state index contributed by atoms with van der Waals surface area (Å²) in [4.78, 5) is 14.0. The highest BCUT2D eigenvalue weighted by Gasteiger charge is 2.34. The third-order valence-corrected chi connectivity index (χ3v) is 7.90. The van der Waals surface area contributed by atoms with Gasteiger partial charge in [-0.25, -0.2) is 0 Å². The summed E-state index contributed by atoms with van der Waals surface area (Å²) in [6, 6.07) is 7.16. The molecule has 2 atom stereocenters.